The number of hydrogen-bond acceptors (Lipinski definition) is 8. The number of allylic oxidation sites excluding steroid dienone is 3. The van der Waals surface area contributed by atoms with Crippen molar-refractivity contribution in [3.8, 4) is 23.0 Å². The Hall–Kier alpha value is -3.94. The summed E-state index contributed by atoms with van der Waals surface area (Å²) >= 11 is 0. The van der Waals surface area contributed by atoms with Crippen LogP contribution in [0.15, 0.2) is 58.9 Å². The van der Waals surface area contributed by atoms with Crippen LogP contribution in [0.2, 0.25) is 0 Å². The number of methoxy groups -OCH3 is 4. The molecule has 1 aliphatic heterocycles. The van der Waals surface area contributed by atoms with Crippen molar-refractivity contribution in [1.29, 1.82) is 0 Å². The maximum atomic E-state index is 14.0. The predicted octanol–water partition coefficient (Wildman–Crippen LogP) is 5.42. The Morgan fingerprint density at radius 3 is 2.31 bits per heavy atom. The summed E-state index contributed by atoms with van der Waals surface area (Å²) < 4.78 is 27.8. The van der Waals surface area contributed by atoms with E-state index in [2.05, 4.69) is 5.32 Å². The second-order valence-electron chi connectivity index (χ2n) is 9.86. The van der Waals surface area contributed by atoms with E-state index < -0.39 is 11.9 Å². The first kappa shape index (κ1) is 28.1. The zero-order valence-electron chi connectivity index (χ0n) is 23.7. The van der Waals surface area contributed by atoms with Crippen LogP contribution < -0.4 is 24.3 Å². The van der Waals surface area contributed by atoms with Gasteiger partial charge in [-0.1, -0.05) is 19.1 Å². The summed E-state index contributed by atoms with van der Waals surface area (Å²) in [6.45, 7) is 5.67. The average Bonchev–Trinajstić information content (AvgIpc) is 2.95. The van der Waals surface area contributed by atoms with Crippen LogP contribution in [0.3, 0.4) is 0 Å². The molecular formula is C31H37NO7. The Kier molecular flexibility index (Phi) is 8.53. The minimum absolute atomic E-state index is 0.0345. The summed E-state index contributed by atoms with van der Waals surface area (Å²) in [6, 6.07) is 11.2. The number of benzene rings is 2. The quantitative estimate of drug-likeness (QED) is 0.426. The Balaban J connectivity index is 1.82. The van der Waals surface area contributed by atoms with Gasteiger partial charge in [0.05, 0.1) is 46.0 Å². The minimum Gasteiger partial charge on any atom is -0.497 e. The zero-order valence-corrected chi connectivity index (χ0v) is 23.7. The van der Waals surface area contributed by atoms with E-state index in [4.69, 9.17) is 23.7 Å². The number of dihydropyridines is 1. The number of esters is 1. The molecule has 0 saturated heterocycles. The van der Waals surface area contributed by atoms with Gasteiger partial charge in [0.15, 0.2) is 17.3 Å². The molecule has 0 aromatic heterocycles. The van der Waals surface area contributed by atoms with Gasteiger partial charge in [0.25, 0.3) is 0 Å². The highest BCUT2D eigenvalue weighted by molar-refractivity contribution is 6.04. The van der Waals surface area contributed by atoms with E-state index in [1.165, 1.54) is 0 Å². The standard InChI is InChI=1S/C31H37NO7/c1-8-17(2)39-31(34)28-18(3)32-23-13-20(19-9-12-25(36-5)27(15-19)38-7)14-24(33)30(23)29(28)22-11-10-21(35-4)16-26(22)37-6/h9-12,15-17,20,29,32H,8,13-14H2,1-7H3/t17-,20-,29+/m1/s1. The number of carbonyl (C=O) groups is 2. The zero-order chi connectivity index (χ0) is 28.3. The summed E-state index contributed by atoms with van der Waals surface area (Å²) in [6.07, 6.45) is 1.30. The van der Waals surface area contributed by atoms with Crippen molar-refractivity contribution < 1.29 is 33.3 Å². The number of ketones is 1. The summed E-state index contributed by atoms with van der Waals surface area (Å²) in [4.78, 5) is 27.5. The van der Waals surface area contributed by atoms with E-state index in [0.29, 0.717) is 58.2 Å². The Morgan fingerprint density at radius 1 is 0.949 bits per heavy atom. The highest BCUT2D eigenvalue weighted by atomic mass is 16.5. The molecule has 0 fully saturated rings. The number of Topliss-reactive ketones (excluding diaryl/α,β-unsaturated/α-hetero) is 1. The Bertz CT molecular complexity index is 1330. The number of ether oxygens (including phenoxy) is 5. The van der Waals surface area contributed by atoms with Crippen LogP contribution in [0, 0.1) is 0 Å². The van der Waals surface area contributed by atoms with E-state index in [1.807, 2.05) is 51.1 Å². The number of nitrogens with one attached hydrogen (secondary N) is 1. The largest absolute Gasteiger partial charge is 0.497 e. The number of carbonyl (C=O) groups excluding carboxylic acids is 2. The van der Waals surface area contributed by atoms with Crippen molar-refractivity contribution in [2.24, 2.45) is 0 Å². The molecule has 0 spiro atoms. The Morgan fingerprint density at radius 2 is 1.67 bits per heavy atom. The molecule has 1 aliphatic carbocycles. The van der Waals surface area contributed by atoms with Crippen LogP contribution in [-0.2, 0) is 14.3 Å². The van der Waals surface area contributed by atoms with Gasteiger partial charge < -0.3 is 29.0 Å². The fourth-order valence-electron chi connectivity index (χ4n) is 5.35. The van der Waals surface area contributed by atoms with Gasteiger partial charge in [0.2, 0.25) is 0 Å². The van der Waals surface area contributed by atoms with E-state index in [9.17, 15) is 9.59 Å². The molecule has 0 bridgehead atoms. The lowest BCUT2D eigenvalue weighted by atomic mass is 9.71. The maximum absolute atomic E-state index is 14.0. The molecule has 39 heavy (non-hydrogen) atoms. The van der Waals surface area contributed by atoms with Gasteiger partial charge in [-0.15, -0.1) is 0 Å². The Labute approximate surface area is 229 Å². The summed E-state index contributed by atoms with van der Waals surface area (Å²) in [7, 11) is 6.34. The van der Waals surface area contributed by atoms with Crippen LogP contribution in [0.1, 0.15) is 63.0 Å². The van der Waals surface area contributed by atoms with E-state index in [0.717, 1.165) is 11.3 Å². The monoisotopic (exact) mass is 535 g/mol. The predicted molar refractivity (Wildman–Crippen MR) is 148 cm³/mol. The normalized spacial score (nSPS) is 19.6. The first-order chi connectivity index (χ1) is 18.8. The van der Waals surface area contributed by atoms with Crippen LogP contribution in [0.4, 0.5) is 0 Å². The van der Waals surface area contributed by atoms with Gasteiger partial charge in [-0.2, -0.15) is 0 Å². The van der Waals surface area contributed by atoms with Crippen molar-refractivity contribution >= 4 is 11.8 Å². The molecule has 2 aromatic rings. The SMILES string of the molecule is CC[C@@H](C)OC(=O)C1=C(C)NC2=C(C(=O)C[C@H](c3ccc(OC)c(OC)c3)C2)[C@H]1c1ccc(OC)cc1OC. The second kappa shape index (κ2) is 11.8. The van der Waals surface area contributed by atoms with E-state index in [1.54, 1.807) is 34.5 Å². The van der Waals surface area contributed by atoms with Crippen molar-refractivity contribution in [3.05, 3.63) is 70.1 Å². The highest BCUT2D eigenvalue weighted by Gasteiger charge is 2.42. The summed E-state index contributed by atoms with van der Waals surface area (Å²) in [5.41, 5.74) is 4.13. The molecule has 0 amide bonds. The summed E-state index contributed by atoms with van der Waals surface area (Å²) in [5.74, 6) is 1.21. The second-order valence-corrected chi connectivity index (χ2v) is 9.86. The fourth-order valence-corrected chi connectivity index (χ4v) is 5.35. The van der Waals surface area contributed by atoms with Crippen molar-refractivity contribution in [3.63, 3.8) is 0 Å². The van der Waals surface area contributed by atoms with E-state index in [-0.39, 0.29) is 24.2 Å². The average molecular weight is 536 g/mol. The molecular weight excluding hydrogens is 498 g/mol. The molecule has 8 heteroatoms. The van der Waals surface area contributed by atoms with Crippen LogP contribution in [0.25, 0.3) is 0 Å². The highest BCUT2D eigenvalue weighted by Crippen LogP contribution is 2.48. The van der Waals surface area contributed by atoms with E-state index >= 15 is 0 Å². The fraction of sp³-hybridized carbons (Fsp3) is 0.419. The molecule has 3 atom stereocenters. The van der Waals surface area contributed by atoms with Crippen LogP contribution >= 0.6 is 0 Å². The molecule has 2 aliphatic rings. The topological polar surface area (TPSA) is 92.3 Å². The molecule has 4 rings (SSSR count). The number of hydrogen-bond donors (Lipinski definition) is 1. The number of rotatable bonds is 9. The molecule has 8 nitrogen and oxygen atoms in total. The summed E-state index contributed by atoms with van der Waals surface area (Å²) in [5, 5.41) is 3.40. The third-order valence-corrected chi connectivity index (χ3v) is 7.56. The molecule has 1 heterocycles. The molecule has 0 radical (unpaired) electrons. The first-order valence-electron chi connectivity index (χ1n) is 13.1. The smallest absolute Gasteiger partial charge is 0.337 e. The van der Waals surface area contributed by atoms with Crippen molar-refractivity contribution in [2.45, 2.75) is 58.0 Å². The first-order valence-corrected chi connectivity index (χ1v) is 13.1. The van der Waals surface area contributed by atoms with Gasteiger partial charge in [0, 0.05) is 35.0 Å². The molecule has 0 unspecified atom stereocenters. The lowest BCUT2D eigenvalue weighted by Gasteiger charge is -2.37. The third kappa shape index (κ3) is 5.46. The molecule has 1 N–H and O–H groups in total. The van der Waals surface area contributed by atoms with Crippen molar-refractivity contribution in [1.82, 2.24) is 5.32 Å². The van der Waals surface area contributed by atoms with Gasteiger partial charge in [-0.3, -0.25) is 4.79 Å². The van der Waals surface area contributed by atoms with Gasteiger partial charge in [0.1, 0.15) is 11.5 Å². The van der Waals surface area contributed by atoms with Crippen molar-refractivity contribution in [2.75, 3.05) is 28.4 Å². The molecule has 2 aromatic carbocycles. The lowest BCUT2D eigenvalue weighted by Crippen LogP contribution is -2.36. The van der Waals surface area contributed by atoms with Crippen LogP contribution in [0.5, 0.6) is 23.0 Å². The maximum Gasteiger partial charge on any atom is 0.337 e. The lowest BCUT2D eigenvalue weighted by molar-refractivity contribution is -0.144. The molecule has 0 saturated carbocycles. The van der Waals surface area contributed by atoms with Gasteiger partial charge in [-0.25, -0.2) is 4.79 Å². The van der Waals surface area contributed by atoms with Crippen LogP contribution in [-0.4, -0.2) is 46.3 Å². The minimum atomic E-state index is -0.641. The molecule has 208 valence electrons. The van der Waals surface area contributed by atoms with Gasteiger partial charge in [-0.05, 0) is 56.4 Å². The third-order valence-electron chi connectivity index (χ3n) is 7.56. The van der Waals surface area contributed by atoms with Gasteiger partial charge >= 0.3 is 5.97 Å².